The van der Waals surface area contributed by atoms with Crippen LogP contribution in [0, 0.1) is 5.92 Å². The van der Waals surface area contributed by atoms with Gasteiger partial charge in [0.15, 0.2) is 0 Å². The molecule has 0 bridgehead atoms. The van der Waals surface area contributed by atoms with Crippen LogP contribution in [0.15, 0.2) is 42.6 Å². The number of methoxy groups -OCH3 is 1. The number of pyridine rings is 1. The Labute approximate surface area is 134 Å². The zero-order valence-electron chi connectivity index (χ0n) is 12.9. The van der Waals surface area contributed by atoms with E-state index in [2.05, 4.69) is 16.4 Å². The fraction of sp³-hybridized carbons (Fsp3) is 0.333. The molecule has 2 aliphatic rings. The minimum atomic E-state index is -0.0595. The quantitative estimate of drug-likeness (QED) is 0.947. The van der Waals surface area contributed by atoms with E-state index < -0.39 is 0 Å². The Hall–Kier alpha value is -2.56. The number of hydrogen-bond acceptors (Lipinski definition) is 4. The Kier molecular flexibility index (Phi) is 3.22. The summed E-state index contributed by atoms with van der Waals surface area (Å²) in [7, 11) is 1.56. The van der Waals surface area contributed by atoms with E-state index in [-0.39, 0.29) is 17.2 Å². The molecule has 5 heteroatoms. The van der Waals surface area contributed by atoms with E-state index in [9.17, 15) is 4.79 Å². The molecule has 1 aliphatic carbocycles. The van der Waals surface area contributed by atoms with E-state index in [4.69, 9.17) is 9.47 Å². The van der Waals surface area contributed by atoms with Crippen LogP contribution in [-0.4, -0.2) is 24.6 Å². The molecule has 1 amide bonds. The largest absolute Gasteiger partial charge is 0.493 e. The number of fused-ring (bicyclic) bond motifs is 2. The predicted molar refractivity (Wildman–Crippen MR) is 85.8 cm³/mol. The number of benzene rings is 1. The molecule has 1 aromatic heterocycles. The van der Waals surface area contributed by atoms with Crippen LogP contribution in [0.25, 0.3) is 0 Å². The topological polar surface area (TPSA) is 60.5 Å². The first-order valence-corrected chi connectivity index (χ1v) is 7.76. The summed E-state index contributed by atoms with van der Waals surface area (Å²) in [5.41, 5.74) is 1.82. The lowest BCUT2D eigenvalue weighted by Gasteiger charge is -2.26. The molecule has 4 rings (SSSR count). The van der Waals surface area contributed by atoms with Gasteiger partial charge in [-0.1, -0.05) is 18.2 Å². The summed E-state index contributed by atoms with van der Waals surface area (Å²) in [4.78, 5) is 16.7. The minimum Gasteiger partial charge on any atom is -0.493 e. The van der Waals surface area contributed by atoms with Crippen LogP contribution in [0.5, 0.6) is 11.6 Å². The van der Waals surface area contributed by atoms with Crippen molar-refractivity contribution in [1.82, 2.24) is 4.98 Å². The Morgan fingerprint density at radius 2 is 2.26 bits per heavy atom. The molecule has 2 atom stereocenters. The van der Waals surface area contributed by atoms with Gasteiger partial charge < -0.3 is 14.8 Å². The standard InChI is InChI=1S/C18H18N2O3/c1-22-16-10-12(6-8-19-16)20-17(21)14-11-18(14)7-9-23-15-5-3-2-4-13(15)18/h2-6,8,10,14H,7,9,11H2,1H3,(H,19,20,21)/t14-,18-/m0/s1. The molecule has 1 aromatic carbocycles. The lowest BCUT2D eigenvalue weighted by molar-refractivity contribution is -0.117. The molecule has 118 valence electrons. The van der Waals surface area contributed by atoms with Crippen LogP contribution in [0.3, 0.4) is 0 Å². The molecular formula is C18H18N2O3. The fourth-order valence-corrected chi connectivity index (χ4v) is 3.53. The van der Waals surface area contributed by atoms with E-state index in [0.29, 0.717) is 18.2 Å². The van der Waals surface area contributed by atoms with Crippen molar-refractivity contribution in [3.8, 4) is 11.6 Å². The molecule has 5 nitrogen and oxygen atoms in total. The van der Waals surface area contributed by atoms with Gasteiger partial charge in [0.05, 0.1) is 13.7 Å². The van der Waals surface area contributed by atoms with Crippen molar-refractivity contribution < 1.29 is 14.3 Å². The lowest BCUT2D eigenvalue weighted by atomic mass is 9.87. The van der Waals surface area contributed by atoms with Crippen molar-refractivity contribution in [2.75, 3.05) is 19.0 Å². The summed E-state index contributed by atoms with van der Waals surface area (Å²) in [6, 6.07) is 11.5. The van der Waals surface area contributed by atoms with E-state index in [1.807, 2.05) is 18.2 Å². The third-order valence-corrected chi connectivity index (χ3v) is 4.83. The number of amides is 1. The van der Waals surface area contributed by atoms with E-state index in [1.165, 1.54) is 5.56 Å². The average Bonchev–Trinajstić information content (AvgIpc) is 3.30. The highest BCUT2D eigenvalue weighted by atomic mass is 16.5. The van der Waals surface area contributed by atoms with E-state index in [1.54, 1.807) is 25.4 Å². The molecular weight excluding hydrogens is 292 g/mol. The Morgan fingerprint density at radius 3 is 3.13 bits per heavy atom. The van der Waals surface area contributed by atoms with Gasteiger partial charge in [-0.15, -0.1) is 0 Å². The molecule has 0 saturated heterocycles. The van der Waals surface area contributed by atoms with Crippen molar-refractivity contribution >= 4 is 11.6 Å². The number of nitrogens with one attached hydrogen (secondary N) is 1. The van der Waals surface area contributed by atoms with Crippen molar-refractivity contribution in [2.45, 2.75) is 18.3 Å². The van der Waals surface area contributed by atoms with Gasteiger partial charge in [0.2, 0.25) is 11.8 Å². The summed E-state index contributed by atoms with van der Waals surface area (Å²) in [6.45, 7) is 0.671. The fourth-order valence-electron chi connectivity index (χ4n) is 3.53. The Balaban J connectivity index is 1.54. The zero-order chi connectivity index (χ0) is 15.9. The van der Waals surface area contributed by atoms with E-state index in [0.717, 1.165) is 18.6 Å². The summed E-state index contributed by atoms with van der Waals surface area (Å²) in [6.07, 6.45) is 3.39. The SMILES string of the molecule is COc1cc(NC(=O)[C@@H]2C[C@]23CCOc2ccccc23)ccn1. The van der Waals surface area contributed by atoms with Gasteiger partial charge in [0.1, 0.15) is 5.75 Å². The second-order valence-corrected chi connectivity index (χ2v) is 6.08. The van der Waals surface area contributed by atoms with Crippen LogP contribution in [0.2, 0.25) is 0 Å². The molecule has 0 radical (unpaired) electrons. The Morgan fingerprint density at radius 1 is 1.39 bits per heavy atom. The molecule has 0 unspecified atom stereocenters. The average molecular weight is 310 g/mol. The molecule has 2 aromatic rings. The molecule has 23 heavy (non-hydrogen) atoms. The molecule has 1 saturated carbocycles. The molecule has 1 N–H and O–H groups in total. The normalized spacial score (nSPS) is 24.5. The van der Waals surface area contributed by atoms with Crippen LogP contribution in [0.4, 0.5) is 5.69 Å². The number of carbonyl (C=O) groups excluding carboxylic acids is 1. The zero-order valence-corrected chi connectivity index (χ0v) is 12.9. The van der Waals surface area contributed by atoms with E-state index >= 15 is 0 Å². The van der Waals surface area contributed by atoms with Crippen LogP contribution < -0.4 is 14.8 Å². The monoisotopic (exact) mass is 310 g/mol. The van der Waals surface area contributed by atoms with Gasteiger partial charge in [0, 0.05) is 34.8 Å². The number of aromatic nitrogens is 1. The number of anilines is 1. The maximum Gasteiger partial charge on any atom is 0.228 e. The highest BCUT2D eigenvalue weighted by molar-refractivity contribution is 5.96. The van der Waals surface area contributed by atoms with Gasteiger partial charge in [-0.2, -0.15) is 0 Å². The third-order valence-electron chi connectivity index (χ3n) is 4.83. The number of nitrogens with zero attached hydrogens (tertiary/aromatic N) is 1. The molecule has 2 heterocycles. The van der Waals surface area contributed by atoms with Crippen LogP contribution in [-0.2, 0) is 10.2 Å². The number of ether oxygens (including phenoxy) is 2. The number of carbonyl (C=O) groups is 1. The smallest absolute Gasteiger partial charge is 0.228 e. The first-order valence-electron chi connectivity index (χ1n) is 7.76. The summed E-state index contributed by atoms with van der Waals surface area (Å²) in [5, 5.41) is 2.98. The second-order valence-electron chi connectivity index (χ2n) is 6.08. The van der Waals surface area contributed by atoms with Gasteiger partial charge in [-0.3, -0.25) is 4.79 Å². The highest BCUT2D eigenvalue weighted by Gasteiger charge is 2.60. The van der Waals surface area contributed by atoms with Gasteiger partial charge in [-0.25, -0.2) is 4.98 Å². The van der Waals surface area contributed by atoms with Gasteiger partial charge in [-0.05, 0) is 25.0 Å². The third kappa shape index (κ3) is 2.32. The summed E-state index contributed by atoms with van der Waals surface area (Å²) < 4.78 is 10.8. The van der Waals surface area contributed by atoms with Crippen molar-refractivity contribution in [3.63, 3.8) is 0 Å². The predicted octanol–water partition coefficient (Wildman–Crippen LogP) is 2.77. The van der Waals surface area contributed by atoms with Gasteiger partial charge >= 0.3 is 0 Å². The molecule has 1 spiro atoms. The summed E-state index contributed by atoms with van der Waals surface area (Å²) >= 11 is 0. The molecule has 1 aliphatic heterocycles. The number of hydrogen-bond donors (Lipinski definition) is 1. The maximum atomic E-state index is 12.6. The lowest BCUT2D eigenvalue weighted by Crippen LogP contribution is -2.26. The number of para-hydroxylation sites is 1. The first kappa shape index (κ1) is 14.1. The van der Waals surface area contributed by atoms with Crippen molar-refractivity contribution in [2.24, 2.45) is 5.92 Å². The molecule has 1 fully saturated rings. The first-order chi connectivity index (χ1) is 11.2. The summed E-state index contributed by atoms with van der Waals surface area (Å²) in [5.74, 6) is 1.45. The van der Waals surface area contributed by atoms with Gasteiger partial charge in [0.25, 0.3) is 0 Å². The van der Waals surface area contributed by atoms with Crippen LogP contribution in [0.1, 0.15) is 18.4 Å². The second kappa shape index (κ2) is 5.26. The minimum absolute atomic E-state index is 0.00768. The maximum absolute atomic E-state index is 12.6. The number of rotatable bonds is 3. The van der Waals surface area contributed by atoms with Crippen LogP contribution >= 0.6 is 0 Å². The Bertz CT molecular complexity index is 761. The van der Waals surface area contributed by atoms with Crippen molar-refractivity contribution in [3.05, 3.63) is 48.2 Å². The van der Waals surface area contributed by atoms with Crippen molar-refractivity contribution in [1.29, 1.82) is 0 Å². The highest BCUT2D eigenvalue weighted by Crippen LogP contribution is 2.60.